The lowest BCUT2D eigenvalue weighted by atomic mass is 10.2. The van der Waals surface area contributed by atoms with E-state index in [9.17, 15) is 10.1 Å². The molecule has 0 aromatic heterocycles. The largest absolute Gasteiger partial charge is 0.377 e. The van der Waals surface area contributed by atoms with Gasteiger partial charge in [0.2, 0.25) is 0 Å². The van der Waals surface area contributed by atoms with Crippen molar-refractivity contribution < 1.29 is 9.66 Å². The Labute approximate surface area is 118 Å². The molecule has 0 saturated carbocycles. The first-order chi connectivity index (χ1) is 9.15. The van der Waals surface area contributed by atoms with Crippen LogP contribution in [0.25, 0.3) is 0 Å². The van der Waals surface area contributed by atoms with Crippen molar-refractivity contribution in [3.8, 4) is 0 Å². The molecule has 0 radical (unpaired) electrons. The van der Waals surface area contributed by atoms with Crippen molar-refractivity contribution in [2.24, 2.45) is 0 Å². The van der Waals surface area contributed by atoms with Crippen LogP contribution in [-0.2, 0) is 11.3 Å². The lowest BCUT2D eigenvalue weighted by Crippen LogP contribution is -1.97. The Bertz CT molecular complexity index is 410. The summed E-state index contributed by atoms with van der Waals surface area (Å²) in [7, 11) is 0. The molecular formula is C14H20ClNO3. The molecule has 0 bridgehead atoms. The summed E-state index contributed by atoms with van der Waals surface area (Å²) in [5, 5.41) is 10.9. The van der Waals surface area contributed by atoms with Crippen molar-refractivity contribution in [3.63, 3.8) is 0 Å². The summed E-state index contributed by atoms with van der Waals surface area (Å²) in [6.07, 6.45) is 5.95. The van der Waals surface area contributed by atoms with Crippen LogP contribution in [0.1, 0.15) is 44.6 Å². The van der Waals surface area contributed by atoms with E-state index in [4.69, 9.17) is 16.3 Å². The highest BCUT2D eigenvalue weighted by Gasteiger charge is 2.12. The normalized spacial score (nSPS) is 10.6. The molecule has 0 unspecified atom stereocenters. The maximum Gasteiger partial charge on any atom is 0.288 e. The Hall–Kier alpha value is -1.13. The van der Waals surface area contributed by atoms with Crippen LogP contribution in [0, 0.1) is 10.1 Å². The Morgan fingerprint density at radius 2 is 2.00 bits per heavy atom. The Kier molecular flexibility index (Phi) is 7.45. The minimum atomic E-state index is -0.476. The van der Waals surface area contributed by atoms with E-state index in [1.54, 1.807) is 12.1 Å². The van der Waals surface area contributed by atoms with E-state index in [2.05, 4.69) is 6.92 Å². The lowest BCUT2D eigenvalue weighted by molar-refractivity contribution is -0.384. The molecule has 0 fully saturated rings. The fourth-order valence-corrected chi connectivity index (χ4v) is 1.97. The molecule has 0 heterocycles. The predicted octanol–water partition coefficient (Wildman–Crippen LogP) is 4.74. The van der Waals surface area contributed by atoms with Crippen LogP contribution < -0.4 is 0 Å². The predicted molar refractivity (Wildman–Crippen MR) is 76.5 cm³/mol. The highest BCUT2D eigenvalue weighted by Crippen LogP contribution is 2.25. The number of rotatable bonds is 9. The average Bonchev–Trinajstić information content (AvgIpc) is 2.39. The van der Waals surface area contributed by atoms with Crippen LogP contribution >= 0.6 is 11.6 Å². The van der Waals surface area contributed by atoms with Crippen molar-refractivity contribution >= 4 is 17.3 Å². The van der Waals surface area contributed by atoms with Gasteiger partial charge in [0.25, 0.3) is 5.69 Å². The zero-order chi connectivity index (χ0) is 14.1. The monoisotopic (exact) mass is 285 g/mol. The van der Waals surface area contributed by atoms with E-state index in [-0.39, 0.29) is 10.7 Å². The van der Waals surface area contributed by atoms with E-state index in [1.165, 1.54) is 31.7 Å². The van der Waals surface area contributed by atoms with Gasteiger partial charge in [-0.05, 0) is 18.1 Å². The van der Waals surface area contributed by atoms with Crippen molar-refractivity contribution in [2.45, 2.75) is 45.6 Å². The van der Waals surface area contributed by atoms with Gasteiger partial charge >= 0.3 is 0 Å². The summed E-state index contributed by atoms with van der Waals surface area (Å²) in [4.78, 5) is 10.3. The molecule has 0 spiro atoms. The first-order valence-electron chi connectivity index (χ1n) is 6.65. The SMILES string of the molecule is CCCCCCCOCc1ccc(Cl)c([N+](=O)[O-])c1. The van der Waals surface area contributed by atoms with Crippen LogP contribution in [0.3, 0.4) is 0 Å². The third-order valence-corrected chi connectivity index (χ3v) is 3.19. The average molecular weight is 286 g/mol. The Balaban J connectivity index is 2.30. The molecule has 0 atom stereocenters. The van der Waals surface area contributed by atoms with Gasteiger partial charge in [-0.15, -0.1) is 0 Å². The molecule has 0 N–H and O–H groups in total. The number of ether oxygens (including phenoxy) is 1. The summed E-state index contributed by atoms with van der Waals surface area (Å²) in [5.41, 5.74) is 0.718. The van der Waals surface area contributed by atoms with E-state index < -0.39 is 4.92 Å². The van der Waals surface area contributed by atoms with Gasteiger partial charge in [-0.3, -0.25) is 10.1 Å². The summed E-state index contributed by atoms with van der Waals surface area (Å²) in [6.45, 7) is 3.27. The Morgan fingerprint density at radius 3 is 2.68 bits per heavy atom. The molecule has 0 aliphatic carbocycles. The van der Waals surface area contributed by atoms with E-state index in [0.29, 0.717) is 13.2 Å². The first-order valence-corrected chi connectivity index (χ1v) is 7.03. The smallest absolute Gasteiger partial charge is 0.288 e. The van der Waals surface area contributed by atoms with Crippen molar-refractivity contribution in [2.75, 3.05) is 6.61 Å². The zero-order valence-corrected chi connectivity index (χ0v) is 12.0. The zero-order valence-electron chi connectivity index (χ0n) is 11.2. The molecule has 0 aliphatic rings. The van der Waals surface area contributed by atoms with Crippen LogP contribution in [-0.4, -0.2) is 11.5 Å². The van der Waals surface area contributed by atoms with E-state index in [1.807, 2.05) is 0 Å². The topological polar surface area (TPSA) is 52.4 Å². The molecule has 5 heteroatoms. The van der Waals surface area contributed by atoms with Crippen LogP contribution in [0.15, 0.2) is 18.2 Å². The molecule has 0 saturated heterocycles. The number of benzene rings is 1. The maximum absolute atomic E-state index is 10.7. The van der Waals surface area contributed by atoms with Crippen molar-refractivity contribution in [1.29, 1.82) is 0 Å². The van der Waals surface area contributed by atoms with Crippen molar-refractivity contribution in [1.82, 2.24) is 0 Å². The molecule has 4 nitrogen and oxygen atoms in total. The number of hydrogen-bond donors (Lipinski definition) is 0. The second-order valence-corrected chi connectivity index (χ2v) is 4.92. The van der Waals surface area contributed by atoms with Crippen molar-refractivity contribution in [3.05, 3.63) is 38.9 Å². The number of nitro groups is 1. The van der Waals surface area contributed by atoms with Gasteiger partial charge in [0.15, 0.2) is 0 Å². The molecule has 1 aromatic carbocycles. The first kappa shape index (κ1) is 15.9. The van der Waals surface area contributed by atoms with Gasteiger partial charge in [0.1, 0.15) is 5.02 Å². The second-order valence-electron chi connectivity index (χ2n) is 4.51. The minimum absolute atomic E-state index is 0.0642. The minimum Gasteiger partial charge on any atom is -0.377 e. The number of nitrogens with zero attached hydrogens (tertiary/aromatic N) is 1. The highest BCUT2D eigenvalue weighted by atomic mass is 35.5. The molecule has 106 valence electrons. The van der Waals surface area contributed by atoms with E-state index in [0.717, 1.165) is 12.0 Å². The van der Waals surface area contributed by atoms with Gasteiger partial charge in [0.05, 0.1) is 11.5 Å². The molecule has 1 rings (SSSR count). The highest BCUT2D eigenvalue weighted by molar-refractivity contribution is 6.32. The number of unbranched alkanes of at least 4 members (excludes halogenated alkanes) is 4. The summed E-state index contributed by atoms with van der Waals surface area (Å²) in [5.74, 6) is 0. The van der Waals surface area contributed by atoms with Crippen LogP contribution in [0.2, 0.25) is 5.02 Å². The van der Waals surface area contributed by atoms with Gasteiger partial charge in [-0.2, -0.15) is 0 Å². The summed E-state index contributed by atoms with van der Waals surface area (Å²) < 4.78 is 5.51. The molecule has 0 amide bonds. The van der Waals surface area contributed by atoms with Gasteiger partial charge in [0, 0.05) is 12.7 Å². The number of halogens is 1. The van der Waals surface area contributed by atoms with Gasteiger partial charge < -0.3 is 4.74 Å². The summed E-state index contributed by atoms with van der Waals surface area (Å²) >= 11 is 5.74. The van der Waals surface area contributed by atoms with E-state index >= 15 is 0 Å². The number of nitro benzene ring substituents is 1. The molecule has 1 aromatic rings. The second kappa shape index (κ2) is 8.88. The third kappa shape index (κ3) is 6.03. The third-order valence-electron chi connectivity index (χ3n) is 2.87. The van der Waals surface area contributed by atoms with Crippen LogP contribution in [0.5, 0.6) is 0 Å². The fraction of sp³-hybridized carbons (Fsp3) is 0.571. The summed E-state index contributed by atoms with van der Waals surface area (Å²) in [6, 6.07) is 4.77. The maximum atomic E-state index is 10.7. The number of hydrogen-bond acceptors (Lipinski definition) is 3. The quantitative estimate of drug-likeness (QED) is 0.374. The molecule has 0 aliphatic heterocycles. The standard InChI is InChI=1S/C14H20ClNO3/c1-2-3-4-5-6-9-19-11-12-7-8-13(15)14(10-12)16(17)18/h7-8,10H,2-6,9,11H2,1H3. The molecular weight excluding hydrogens is 266 g/mol. The van der Waals surface area contributed by atoms with Gasteiger partial charge in [-0.1, -0.05) is 50.3 Å². The molecule has 19 heavy (non-hydrogen) atoms. The fourth-order valence-electron chi connectivity index (χ4n) is 1.79. The lowest BCUT2D eigenvalue weighted by Gasteiger charge is -2.05. The van der Waals surface area contributed by atoms with Gasteiger partial charge in [-0.25, -0.2) is 0 Å². The van der Waals surface area contributed by atoms with Crippen LogP contribution in [0.4, 0.5) is 5.69 Å². The Morgan fingerprint density at radius 1 is 1.26 bits per heavy atom.